The number of carbonyl (C=O) groups is 1. The fourth-order valence-corrected chi connectivity index (χ4v) is 2.11. The van der Waals surface area contributed by atoms with Crippen LogP contribution < -0.4 is 10.1 Å². The molecule has 0 radical (unpaired) electrons. The molecule has 4 heteroatoms. The van der Waals surface area contributed by atoms with Gasteiger partial charge in [-0.2, -0.15) is 0 Å². The number of benzene rings is 2. The maximum Gasteiger partial charge on any atom is 0.228 e. The van der Waals surface area contributed by atoms with Crippen molar-refractivity contribution in [3.63, 3.8) is 0 Å². The second kappa shape index (κ2) is 7.22. The van der Waals surface area contributed by atoms with Crippen LogP contribution in [0.5, 0.6) is 11.6 Å². The highest BCUT2D eigenvalue weighted by Gasteiger charge is 2.05. The van der Waals surface area contributed by atoms with E-state index in [1.54, 1.807) is 18.3 Å². The molecule has 3 aromatic rings. The van der Waals surface area contributed by atoms with E-state index in [1.165, 1.54) is 0 Å². The predicted octanol–water partition coefficient (Wildman–Crippen LogP) is 4.06. The molecular formula is C19H16N2O2. The molecule has 0 spiro atoms. The van der Waals surface area contributed by atoms with E-state index in [9.17, 15) is 4.79 Å². The molecule has 0 unspecified atom stereocenters. The number of nitrogens with zero attached hydrogens (tertiary/aromatic N) is 1. The van der Waals surface area contributed by atoms with Gasteiger partial charge < -0.3 is 10.1 Å². The standard InChI is InChI=1S/C19H16N2O2/c22-18(13-15-7-3-1-4-8-15)21-16-11-12-19(20-14-16)23-17-9-5-2-6-10-17/h1-12,14H,13H2,(H,21,22). The highest BCUT2D eigenvalue weighted by atomic mass is 16.5. The molecule has 23 heavy (non-hydrogen) atoms. The van der Waals surface area contributed by atoms with Crippen LogP contribution in [0, 0.1) is 0 Å². The Balaban J connectivity index is 1.58. The highest BCUT2D eigenvalue weighted by molar-refractivity contribution is 5.92. The molecule has 2 aromatic carbocycles. The summed E-state index contributed by atoms with van der Waals surface area (Å²) >= 11 is 0. The van der Waals surface area contributed by atoms with Gasteiger partial charge in [0, 0.05) is 6.07 Å². The number of aromatic nitrogens is 1. The second-order valence-electron chi connectivity index (χ2n) is 5.01. The van der Waals surface area contributed by atoms with Crippen molar-refractivity contribution < 1.29 is 9.53 Å². The third-order valence-corrected chi connectivity index (χ3v) is 3.19. The summed E-state index contributed by atoms with van der Waals surface area (Å²) in [5.41, 5.74) is 1.62. The van der Waals surface area contributed by atoms with Crippen LogP contribution >= 0.6 is 0 Å². The molecule has 0 aliphatic rings. The van der Waals surface area contributed by atoms with Gasteiger partial charge in [-0.05, 0) is 23.8 Å². The van der Waals surface area contributed by atoms with Crippen LogP contribution in [0.2, 0.25) is 0 Å². The van der Waals surface area contributed by atoms with Crippen molar-refractivity contribution in [1.82, 2.24) is 4.98 Å². The molecule has 0 saturated heterocycles. The topological polar surface area (TPSA) is 51.2 Å². The smallest absolute Gasteiger partial charge is 0.228 e. The van der Waals surface area contributed by atoms with Crippen molar-refractivity contribution in [2.45, 2.75) is 6.42 Å². The van der Waals surface area contributed by atoms with Crippen molar-refractivity contribution in [2.75, 3.05) is 5.32 Å². The number of hydrogen-bond donors (Lipinski definition) is 1. The third kappa shape index (κ3) is 4.41. The van der Waals surface area contributed by atoms with E-state index in [0.29, 0.717) is 18.0 Å². The number of rotatable bonds is 5. The minimum atomic E-state index is -0.0743. The maximum atomic E-state index is 12.0. The van der Waals surface area contributed by atoms with Gasteiger partial charge in [0.15, 0.2) is 0 Å². The van der Waals surface area contributed by atoms with E-state index in [0.717, 1.165) is 11.3 Å². The number of para-hydroxylation sites is 1. The van der Waals surface area contributed by atoms with Gasteiger partial charge in [-0.1, -0.05) is 48.5 Å². The van der Waals surface area contributed by atoms with Crippen LogP contribution in [0.4, 0.5) is 5.69 Å². The summed E-state index contributed by atoms with van der Waals surface area (Å²) in [5, 5.41) is 2.82. The zero-order valence-electron chi connectivity index (χ0n) is 12.5. The average molecular weight is 304 g/mol. The van der Waals surface area contributed by atoms with Gasteiger partial charge >= 0.3 is 0 Å². The Morgan fingerprint density at radius 1 is 0.913 bits per heavy atom. The summed E-state index contributed by atoms with van der Waals surface area (Å²) < 4.78 is 5.61. The number of hydrogen-bond acceptors (Lipinski definition) is 3. The molecule has 3 rings (SSSR count). The van der Waals surface area contributed by atoms with E-state index >= 15 is 0 Å². The van der Waals surface area contributed by atoms with E-state index < -0.39 is 0 Å². The van der Waals surface area contributed by atoms with Crippen molar-refractivity contribution in [2.24, 2.45) is 0 Å². The fraction of sp³-hybridized carbons (Fsp3) is 0.0526. The summed E-state index contributed by atoms with van der Waals surface area (Å²) in [6, 6.07) is 22.5. The van der Waals surface area contributed by atoms with Gasteiger partial charge in [0.25, 0.3) is 0 Å². The molecule has 0 atom stereocenters. The lowest BCUT2D eigenvalue weighted by Crippen LogP contribution is -2.14. The minimum Gasteiger partial charge on any atom is -0.439 e. The number of nitrogens with one attached hydrogen (secondary N) is 1. The molecule has 1 N–H and O–H groups in total. The average Bonchev–Trinajstić information content (AvgIpc) is 2.58. The molecular weight excluding hydrogens is 288 g/mol. The Kier molecular flexibility index (Phi) is 4.64. The quantitative estimate of drug-likeness (QED) is 0.773. The molecule has 0 aliphatic heterocycles. The third-order valence-electron chi connectivity index (χ3n) is 3.19. The number of anilines is 1. The van der Waals surface area contributed by atoms with Crippen LogP contribution in [0.25, 0.3) is 0 Å². The number of amides is 1. The van der Waals surface area contributed by atoms with Gasteiger partial charge in [0.2, 0.25) is 11.8 Å². The SMILES string of the molecule is O=C(Cc1ccccc1)Nc1ccc(Oc2ccccc2)nc1. The van der Waals surface area contributed by atoms with Gasteiger partial charge in [0.05, 0.1) is 18.3 Å². The largest absolute Gasteiger partial charge is 0.439 e. The maximum absolute atomic E-state index is 12.0. The van der Waals surface area contributed by atoms with Crippen LogP contribution in [-0.2, 0) is 11.2 Å². The van der Waals surface area contributed by atoms with Crippen molar-refractivity contribution in [1.29, 1.82) is 0 Å². The lowest BCUT2D eigenvalue weighted by molar-refractivity contribution is -0.115. The first-order valence-corrected chi connectivity index (χ1v) is 7.32. The molecule has 0 fully saturated rings. The molecule has 114 valence electrons. The van der Waals surface area contributed by atoms with Gasteiger partial charge in [-0.3, -0.25) is 4.79 Å². The van der Waals surface area contributed by atoms with Crippen molar-refractivity contribution in [3.05, 3.63) is 84.6 Å². The Morgan fingerprint density at radius 2 is 1.61 bits per heavy atom. The van der Waals surface area contributed by atoms with Gasteiger partial charge in [-0.15, -0.1) is 0 Å². The summed E-state index contributed by atoms with van der Waals surface area (Å²) in [6.45, 7) is 0. The lowest BCUT2D eigenvalue weighted by Gasteiger charge is -2.07. The number of carbonyl (C=O) groups excluding carboxylic acids is 1. The Bertz CT molecular complexity index is 756. The highest BCUT2D eigenvalue weighted by Crippen LogP contribution is 2.19. The van der Waals surface area contributed by atoms with Crippen LogP contribution in [-0.4, -0.2) is 10.9 Å². The Morgan fingerprint density at radius 3 is 2.26 bits per heavy atom. The second-order valence-corrected chi connectivity index (χ2v) is 5.01. The van der Waals surface area contributed by atoms with Gasteiger partial charge in [0.1, 0.15) is 5.75 Å². The minimum absolute atomic E-state index is 0.0743. The molecule has 1 amide bonds. The molecule has 1 aromatic heterocycles. The first-order valence-electron chi connectivity index (χ1n) is 7.32. The van der Waals surface area contributed by atoms with Gasteiger partial charge in [-0.25, -0.2) is 4.98 Å². The zero-order valence-corrected chi connectivity index (χ0v) is 12.5. The van der Waals surface area contributed by atoms with Crippen molar-refractivity contribution >= 4 is 11.6 Å². The summed E-state index contributed by atoms with van der Waals surface area (Å²) in [6.07, 6.45) is 1.92. The summed E-state index contributed by atoms with van der Waals surface area (Å²) in [5.74, 6) is 1.13. The Labute approximate surface area is 134 Å². The number of ether oxygens (including phenoxy) is 1. The predicted molar refractivity (Wildman–Crippen MR) is 89.5 cm³/mol. The zero-order chi connectivity index (χ0) is 15.9. The monoisotopic (exact) mass is 304 g/mol. The van der Waals surface area contributed by atoms with E-state index in [4.69, 9.17) is 4.74 Å². The summed E-state index contributed by atoms with van der Waals surface area (Å²) in [7, 11) is 0. The van der Waals surface area contributed by atoms with E-state index in [1.807, 2.05) is 60.7 Å². The molecule has 4 nitrogen and oxygen atoms in total. The van der Waals surface area contributed by atoms with E-state index in [2.05, 4.69) is 10.3 Å². The molecule has 0 aliphatic carbocycles. The fourth-order valence-electron chi connectivity index (χ4n) is 2.11. The molecule has 1 heterocycles. The summed E-state index contributed by atoms with van der Waals surface area (Å²) in [4.78, 5) is 16.2. The first-order chi connectivity index (χ1) is 11.3. The first kappa shape index (κ1) is 14.8. The number of pyridine rings is 1. The van der Waals surface area contributed by atoms with Crippen LogP contribution in [0.15, 0.2) is 79.0 Å². The normalized spacial score (nSPS) is 10.1. The van der Waals surface area contributed by atoms with Crippen LogP contribution in [0.1, 0.15) is 5.56 Å². The Hall–Kier alpha value is -3.14. The van der Waals surface area contributed by atoms with E-state index in [-0.39, 0.29) is 5.91 Å². The lowest BCUT2D eigenvalue weighted by atomic mass is 10.1. The molecule has 0 saturated carbocycles. The molecule has 0 bridgehead atoms. The van der Waals surface area contributed by atoms with Crippen molar-refractivity contribution in [3.8, 4) is 11.6 Å². The van der Waals surface area contributed by atoms with Crippen LogP contribution in [0.3, 0.4) is 0 Å².